The molecule has 0 aromatic heterocycles. The van der Waals surface area contributed by atoms with Gasteiger partial charge < -0.3 is 20.5 Å². The van der Waals surface area contributed by atoms with E-state index >= 15 is 0 Å². The molecule has 0 saturated carbocycles. The van der Waals surface area contributed by atoms with Gasteiger partial charge in [0.15, 0.2) is 5.96 Å². The third kappa shape index (κ3) is 5.10. The molecule has 2 rings (SSSR count). The highest BCUT2D eigenvalue weighted by atomic mass is 16.5. The molecule has 116 valence electrons. The van der Waals surface area contributed by atoms with Gasteiger partial charge in [0.2, 0.25) is 0 Å². The standard InChI is InChI=1S/C17H21N3O2/c1-21-12-11-19-17(18)20-13-14-7-5-6-10-16(14)22-15-8-3-2-4-9-15/h2-10H,11-13H2,1H3,(H3,18,19,20). The Hall–Kier alpha value is -2.53. The van der Waals surface area contributed by atoms with Crippen LogP contribution in [0.25, 0.3) is 0 Å². The van der Waals surface area contributed by atoms with Crippen LogP contribution in [-0.2, 0) is 11.3 Å². The van der Waals surface area contributed by atoms with Crippen molar-refractivity contribution >= 4 is 5.96 Å². The summed E-state index contributed by atoms with van der Waals surface area (Å²) in [4.78, 5) is 4.32. The zero-order chi connectivity index (χ0) is 15.6. The minimum absolute atomic E-state index is 0.395. The van der Waals surface area contributed by atoms with Crippen LogP contribution in [0.5, 0.6) is 11.5 Å². The van der Waals surface area contributed by atoms with Gasteiger partial charge in [0, 0.05) is 19.2 Å². The highest BCUT2D eigenvalue weighted by Crippen LogP contribution is 2.25. The number of aliphatic imine (C=N–C) groups is 1. The van der Waals surface area contributed by atoms with Crippen molar-refractivity contribution in [2.24, 2.45) is 10.7 Å². The van der Waals surface area contributed by atoms with Crippen LogP contribution in [0.15, 0.2) is 59.6 Å². The second-order valence-electron chi connectivity index (χ2n) is 4.64. The normalized spacial score (nSPS) is 11.2. The molecule has 0 atom stereocenters. The van der Waals surface area contributed by atoms with Crippen molar-refractivity contribution in [3.05, 3.63) is 60.2 Å². The Morgan fingerprint density at radius 2 is 1.82 bits per heavy atom. The molecule has 0 fully saturated rings. The zero-order valence-corrected chi connectivity index (χ0v) is 12.7. The van der Waals surface area contributed by atoms with Crippen molar-refractivity contribution in [3.8, 4) is 11.5 Å². The maximum atomic E-state index is 5.89. The molecule has 2 aromatic rings. The SMILES string of the molecule is COCCNC(N)=NCc1ccccc1Oc1ccccc1. The van der Waals surface area contributed by atoms with E-state index in [0.717, 1.165) is 17.1 Å². The van der Waals surface area contributed by atoms with Gasteiger partial charge in [-0.2, -0.15) is 0 Å². The molecule has 0 radical (unpaired) electrons. The molecule has 3 N–H and O–H groups in total. The number of nitrogens with zero attached hydrogens (tertiary/aromatic N) is 1. The molecule has 5 heteroatoms. The minimum atomic E-state index is 0.395. The Morgan fingerprint density at radius 3 is 2.59 bits per heavy atom. The topological polar surface area (TPSA) is 68.9 Å². The van der Waals surface area contributed by atoms with Crippen LogP contribution in [0.2, 0.25) is 0 Å². The van der Waals surface area contributed by atoms with Crippen LogP contribution >= 0.6 is 0 Å². The van der Waals surface area contributed by atoms with Gasteiger partial charge in [-0.1, -0.05) is 36.4 Å². The van der Waals surface area contributed by atoms with Gasteiger partial charge in [-0.05, 0) is 18.2 Å². The Kier molecular flexibility index (Phi) is 6.26. The molecule has 0 bridgehead atoms. The molecular formula is C17H21N3O2. The lowest BCUT2D eigenvalue weighted by Crippen LogP contribution is -2.34. The van der Waals surface area contributed by atoms with Crippen LogP contribution in [0.4, 0.5) is 0 Å². The van der Waals surface area contributed by atoms with E-state index in [0.29, 0.717) is 25.7 Å². The number of benzene rings is 2. The summed E-state index contributed by atoms with van der Waals surface area (Å²) in [5.74, 6) is 1.97. The molecule has 0 unspecified atom stereocenters. The van der Waals surface area contributed by atoms with Gasteiger partial charge in [-0.3, -0.25) is 0 Å². The van der Waals surface area contributed by atoms with Crippen molar-refractivity contribution in [2.75, 3.05) is 20.3 Å². The predicted octanol–water partition coefficient (Wildman–Crippen LogP) is 2.53. The Morgan fingerprint density at radius 1 is 1.09 bits per heavy atom. The molecular weight excluding hydrogens is 278 g/mol. The van der Waals surface area contributed by atoms with Gasteiger partial charge in [0.1, 0.15) is 11.5 Å². The molecule has 22 heavy (non-hydrogen) atoms. The Balaban J connectivity index is 2.01. The molecule has 0 saturated heterocycles. The second kappa shape index (κ2) is 8.69. The quantitative estimate of drug-likeness (QED) is 0.468. The first-order valence-corrected chi connectivity index (χ1v) is 7.13. The van der Waals surface area contributed by atoms with Gasteiger partial charge >= 0.3 is 0 Å². The molecule has 5 nitrogen and oxygen atoms in total. The fourth-order valence-electron chi connectivity index (χ4n) is 1.86. The molecule has 0 aliphatic carbocycles. The molecule has 0 aliphatic rings. The van der Waals surface area contributed by atoms with E-state index in [9.17, 15) is 0 Å². The fraction of sp³-hybridized carbons (Fsp3) is 0.235. The highest BCUT2D eigenvalue weighted by Gasteiger charge is 2.04. The lowest BCUT2D eigenvalue weighted by Gasteiger charge is -2.10. The number of rotatable bonds is 7. The van der Waals surface area contributed by atoms with E-state index in [2.05, 4.69) is 10.3 Å². The summed E-state index contributed by atoms with van der Waals surface area (Å²) >= 11 is 0. The third-order valence-electron chi connectivity index (χ3n) is 2.98. The molecule has 0 spiro atoms. The van der Waals surface area contributed by atoms with E-state index in [1.54, 1.807) is 7.11 Å². The van der Waals surface area contributed by atoms with Crippen LogP contribution in [0.3, 0.4) is 0 Å². The smallest absolute Gasteiger partial charge is 0.189 e. The van der Waals surface area contributed by atoms with E-state index in [1.807, 2.05) is 54.6 Å². The first kappa shape index (κ1) is 15.9. The van der Waals surface area contributed by atoms with Crippen LogP contribution < -0.4 is 15.8 Å². The number of guanidine groups is 1. The summed E-state index contributed by atoms with van der Waals surface area (Å²) in [6.07, 6.45) is 0. The van der Waals surface area contributed by atoms with E-state index < -0.39 is 0 Å². The Labute approximate surface area is 130 Å². The van der Waals surface area contributed by atoms with Crippen molar-refractivity contribution in [2.45, 2.75) is 6.54 Å². The summed E-state index contributed by atoms with van der Waals surface area (Å²) in [6.45, 7) is 1.67. The van der Waals surface area contributed by atoms with Crippen molar-refractivity contribution in [3.63, 3.8) is 0 Å². The first-order chi connectivity index (χ1) is 10.8. The number of hydrogen-bond donors (Lipinski definition) is 2. The number of para-hydroxylation sites is 2. The van der Waals surface area contributed by atoms with Gasteiger partial charge in [-0.15, -0.1) is 0 Å². The van der Waals surface area contributed by atoms with E-state index in [4.69, 9.17) is 15.2 Å². The number of ether oxygens (including phenoxy) is 2. The van der Waals surface area contributed by atoms with E-state index in [-0.39, 0.29) is 0 Å². The maximum Gasteiger partial charge on any atom is 0.189 e. The van der Waals surface area contributed by atoms with Crippen LogP contribution in [0.1, 0.15) is 5.56 Å². The van der Waals surface area contributed by atoms with Gasteiger partial charge in [0.25, 0.3) is 0 Å². The number of hydrogen-bond acceptors (Lipinski definition) is 3. The fourth-order valence-corrected chi connectivity index (χ4v) is 1.86. The van der Waals surface area contributed by atoms with Gasteiger partial charge in [0.05, 0.1) is 13.2 Å². The lowest BCUT2D eigenvalue weighted by atomic mass is 10.2. The lowest BCUT2D eigenvalue weighted by molar-refractivity contribution is 0.204. The number of methoxy groups -OCH3 is 1. The van der Waals surface area contributed by atoms with Gasteiger partial charge in [-0.25, -0.2) is 4.99 Å². The summed E-state index contributed by atoms with van der Waals surface area (Å²) in [5.41, 5.74) is 6.78. The van der Waals surface area contributed by atoms with Crippen LogP contribution in [0, 0.1) is 0 Å². The largest absolute Gasteiger partial charge is 0.457 e. The first-order valence-electron chi connectivity index (χ1n) is 7.13. The highest BCUT2D eigenvalue weighted by molar-refractivity contribution is 5.77. The molecule has 0 heterocycles. The minimum Gasteiger partial charge on any atom is -0.457 e. The molecule has 0 aliphatic heterocycles. The summed E-state index contributed by atoms with van der Waals surface area (Å²) in [6, 6.07) is 17.5. The summed E-state index contributed by atoms with van der Waals surface area (Å²) in [5, 5.41) is 2.98. The Bertz CT molecular complexity index is 600. The van der Waals surface area contributed by atoms with E-state index in [1.165, 1.54) is 0 Å². The van der Waals surface area contributed by atoms with Crippen LogP contribution in [-0.4, -0.2) is 26.2 Å². The van der Waals surface area contributed by atoms with Crippen molar-refractivity contribution < 1.29 is 9.47 Å². The predicted molar refractivity (Wildman–Crippen MR) is 88.2 cm³/mol. The van der Waals surface area contributed by atoms with Crippen molar-refractivity contribution in [1.82, 2.24) is 5.32 Å². The second-order valence-corrected chi connectivity index (χ2v) is 4.64. The average molecular weight is 299 g/mol. The third-order valence-corrected chi connectivity index (χ3v) is 2.98. The monoisotopic (exact) mass is 299 g/mol. The average Bonchev–Trinajstić information content (AvgIpc) is 2.55. The maximum absolute atomic E-state index is 5.89. The summed E-state index contributed by atoms with van der Waals surface area (Å²) < 4.78 is 10.8. The van der Waals surface area contributed by atoms with Crippen molar-refractivity contribution in [1.29, 1.82) is 0 Å². The molecule has 2 aromatic carbocycles. The zero-order valence-electron chi connectivity index (χ0n) is 12.7. The number of nitrogens with one attached hydrogen (secondary N) is 1. The molecule has 0 amide bonds. The number of nitrogens with two attached hydrogens (primary N) is 1. The summed E-state index contributed by atoms with van der Waals surface area (Å²) in [7, 11) is 1.65.